The summed E-state index contributed by atoms with van der Waals surface area (Å²) < 4.78 is 32.1. The Balaban J connectivity index is 1.58. The summed E-state index contributed by atoms with van der Waals surface area (Å²) in [4.78, 5) is 0. The van der Waals surface area contributed by atoms with E-state index in [2.05, 4.69) is 0 Å². The summed E-state index contributed by atoms with van der Waals surface area (Å²) in [5.41, 5.74) is 3.07. The number of hydrogen-bond donors (Lipinski definition) is 2. The average molecular weight is 647 g/mol. The topological polar surface area (TPSA) is 86.6 Å². The number of aliphatic hydroxyl groups is 2. The van der Waals surface area contributed by atoms with Gasteiger partial charge in [0, 0.05) is 23.6 Å². The van der Waals surface area contributed by atoms with Gasteiger partial charge in [0.05, 0.1) is 39.1 Å². The third-order valence-electron chi connectivity index (χ3n) is 8.82. The van der Waals surface area contributed by atoms with E-state index in [1.165, 1.54) is 0 Å². The second-order valence-electron chi connectivity index (χ2n) is 11.7. The van der Waals surface area contributed by atoms with Crippen molar-refractivity contribution in [3.63, 3.8) is 0 Å². The third-order valence-corrected chi connectivity index (χ3v) is 9.19. The van der Waals surface area contributed by atoms with Gasteiger partial charge in [-0.1, -0.05) is 97.4 Å². The molecule has 0 aromatic heterocycles. The largest absolute Gasteiger partial charge is 0.494 e. The molecule has 0 saturated carbocycles. The molecule has 8 heteroatoms. The summed E-state index contributed by atoms with van der Waals surface area (Å²) in [6.07, 6.45) is -0.909. The maximum Gasteiger partial charge on any atom is 0.225 e. The molecule has 5 rings (SSSR count). The fourth-order valence-electron chi connectivity index (χ4n) is 6.11. The van der Waals surface area contributed by atoms with Crippen LogP contribution in [0.3, 0.4) is 0 Å². The zero-order chi connectivity index (χ0) is 32.6. The first-order valence-electron chi connectivity index (χ1n) is 15.7. The van der Waals surface area contributed by atoms with E-state index in [0.29, 0.717) is 23.6 Å². The zero-order valence-electron chi connectivity index (χ0n) is 26.6. The average Bonchev–Trinajstić information content (AvgIpc) is 3.10. The molecular formula is C38H43ClO7. The van der Waals surface area contributed by atoms with Crippen molar-refractivity contribution in [2.24, 2.45) is 5.92 Å². The van der Waals surface area contributed by atoms with Crippen LogP contribution in [0.5, 0.6) is 5.75 Å². The van der Waals surface area contributed by atoms with E-state index in [-0.39, 0.29) is 13.2 Å². The van der Waals surface area contributed by atoms with E-state index >= 15 is 0 Å². The maximum atomic E-state index is 10.8. The van der Waals surface area contributed by atoms with Gasteiger partial charge in [0.25, 0.3) is 0 Å². The first-order chi connectivity index (χ1) is 22.4. The van der Waals surface area contributed by atoms with Gasteiger partial charge in [-0.2, -0.15) is 0 Å². The predicted molar refractivity (Wildman–Crippen MR) is 178 cm³/mol. The van der Waals surface area contributed by atoms with Crippen LogP contribution in [-0.2, 0) is 44.4 Å². The minimum Gasteiger partial charge on any atom is -0.494 e. The van der Waals surface area contributed by atoms with E-state index in [0.717, 1.165) is 28.0 Å². The monoisotopic (exact) mass is 646 g/mol. The second-order valence-corrected chi connectivity index (χ2v) is 12.1. The van der Waals surface area contributed by atoms with E-state index in [1.54, 1.807) is 7.11 Å². The molecule has 1 heterocycles. The molecule has 46 heavy (non-hydrogen) atoms. The van der Waals surface area contributed by atoms with Gasteiger partial charge in [-0.15, -0.1) is 0 Å². The molecular weight excluding hydrogens is 604 g/mol. The molecule has 0 spiro atoms. The van der Waals surface area contributed by atoms with Gasteiger partial charge in [0.2, 0.25) is 5.79 Å². The van der Waals surface area contributed by atoms with Crippen LogP contribution in [0.25, 0.3) is 0 Å². The first kappa shape index (κ1) is 34.1. The summed E-state index contributed by atoms with van der Waals surface area (Å²) in [6.45, 7) is 4.08. The minimum absolute atomic E-state index is 0.260. The van der Waals surface area contributed by atoms with Crippen molar-refractivity contribution < 1.29 is 33.9 Å². The molecule has 0 amide bonds. The molecule has 244 valence electrons. The summed E-state index contributed by atoms with van der Waals surface area (Å²) >= 11 is 6.77. The van der Waals surface area contributed by atoms with Crippen molar-refractivity contribution in [2.45, 2.75) is 57.1 Å². The molecule has 4 aromatic carbocycles. The highest BCUT2D eigenvalue weighted by molar-refractivity contribution is 6.31. The highest BCUT2D eigenvalue weighted by Gasteiger charge is 2.62. The Bertz CT molecular complexity index is 1510. The number of benzene rings is 4. The molecule has 0 bridgehead atoms. The van der Waals surface area contributed by atoms with Gasteiger partial charge >= 0.3 is 0 Å². The molecule has 1 aliphatic rings. The van der Waals surface area contributed by atoms with Crippen LogP contribution >= 0.6 is 11.6 Å². The van der Waals surface area contributed by atoms with Crippen LogP contribution in [-0.4, -0.2) is 55.0 Å². The second kappa shape index (κ2) is 15.5. The Morgan fingerprint density at radius 2 is 1.39 bits per heavy atom. The standard InChI is InChI=1S/C38H43ClO7/c1-4-43-33-18-15-28(16-19-33)21-31-22-32(17-20-34(31)39)38(42-3)36(45-24-30-13-9-6-10-14-30)35(27(2)37(25-40,26-41)46-38)44-23-29-11-7-5-8-12-29/h5-20,22,27,35-36,40-41H,4,21,23-26H2,1-3H3/t27-,35-,36+,38-/m0/s1. The van der Waals surface area contributed by atoms with Gasteiger partial charge in [-0.05, 0) is 59.9 Å². The van der Waals surface area contributed by atoms with E-state index in [4.69, 9.17) is 35.3 Å². The molecule has 4 aromatic rings. The van der Waals surface area contributed by atoms with Gasteiger partial charge in [0.15, 0.2) is 0 Å². The molecule has 1 aliphatic heterocycles. The number of methoxy groups -OCH3 is 1. The number of hydrogen-bond acceptors (Lipinski definition) is 7. The van der Waals surface area contributed by atoms with Gasteiger partial charge < -0.3 is 33.9 Å². The van der Waals surface area contributed by atoms with Crippen LogP contribution in [0, 0.1) is 5.92 Å². The zero-order valence-corrected chi connectivity index (χ0v) is 27.4. The van der Waals surface area contributed by atoms with Crippen LogP contribution in [0.15, 0.2) is 103 Å². The van der Waals surface area contributed by atoms with E-state index < -0.39 is 42.7 Å². The molecule has 0 unspecified atom stereocenters. The Labute approximate surface area is 276 Å². The lowest BCUT2D eigenvalue weighted by molar-refractivity contribution is -0.404. The van der Waals surface area contributed by atoms with Crippen LogP contribution in [0.2, 0.25) is 5.02 Å². The van der Waals surface area contributed by atoms with Crippen LogP contribution in [0.1, 0.15) is 41.7 Å². The van der Waals surface area contributed by atoms with E-state index in [1.807, 2.05) is 117 Å². The molecule has 2 N–H and O–H groups in total. The fourth-order valence-corrected chi connectivity index (χ4v) is 6.30. The minimum atomic E-state index is -1.58. The van der Waals surface area contributed by atoms with Gasteiger partial charge in [-0.3, -0.25) is 0 Å². The van der Waals surface area contributed by atoms with Crippen LogP contribution in [0.4, 0.5) is 0 Å². The third kappa shape index (κ3) is 7.32. The van der Waals surface area contributed by atoms with Gasteiger partial charge in [0.1, 0.15) is 17.5 Å². The molecule has 4 atom stereocenters. The lowest BCUT2D eigenvalue weighted by atomic mass is 9.75. The summed E-state index contributed by atoms with van der Waals surface area (Å²) in [7, 11) is 1.55. The summed E-state index contributed by atoms with van der Waals surface area (Å²) in [5.74, 6) is -1.25. The van der Waals surface area contributed by atoms with Crippen molar-refractivity contribution in [3.8, 4) is 5.75 Å². The van der Waals surface area contributed by atoms with Crippen molar-refractivity contribution in [1.82, 2.24) is 0 Å². The molecule has 1 fully saturated rings. The number of ether oxygens (including phenoxy) is 5. The SMILES string of the molecule is CCOc1ccc(Cc2cc([C@]3(OC)OC(CO)(CO)[C@@H](C)[C@H](OCc4ccccc4)[C@H]3OCc3ccccc3)ccc2Cl)cc1. The molecule has 1 saturated heterocycles. The molecule has 7 nitrogen and oxygen atoms in total. The molecule has 0 aliphatic carbocycles. The maximum absolute atomic E-state index is 10.8. The van der Waals surface area contributed by atoms with Crippen molar-refractivity contribution in [3.05, 3.63) is 136 Å². The highest BCUT2D eigenvalue weighted by atomic mass is 35.5. The Morgan fingerprint density at radius 1 is 0.783 bits per heavy atom. The van der Waals surface area contributed by atoms with Crippen LogP contribution < -0.4 is 4.74 Å². The number of rotatable bonds is 14. The Hall–Kier alpha value is -3.27. The Kier molecular flexibility index (Phi) is 11.5. The normalized spacial score (nSPS) is 22.4. The van der Waals surface area contributed by atoms with Crippen molar-refractivity contribution >= 4 is 11.6 Å². The first-order valence-corrected chi connectivity index (χ1v) is 16.0. The number of halogens is 1. The summed E-state index contributed by atoms with van der Waals surface area (Å²) in [6, 6.07) is 33.2. The van der Waals surface area contributed by atoms with E-state index in [9.17, 15) is 10.2 Å². The smallest absolute Gasteiger partial charge is 0.225 e. The highest BCUT2D eigenvalue weighted by Crippen LogP contribution is 2.49. The fraction of sp³-hybridized carbons (Fsp3) is 0.368. The van der Waals surface area contributed by atoms with Crippen molar-refractivity contribution in [1.29, 1.82) is 0 Å². The lowest BCUT2D eigenvalue weighted by Crippen LogP contribution is -2.69. The van der Waals surface area contributed by atoms with Gasteiger partial charge in [-0.25, -0.2) is 0 Å². The van der Waals surface area contributed by atoms with Crippen molar-refractivity contribution in [2.75, 3.05) is 26.9 Å². The lowest BCUT2D eigenvalue weighted by Gasteiger charge is -2.56. The summed E-state index contributed by atoms with van der Waals surface area (Å²) in [5, 5.41) is 22.1. The predicted octanol–water partition coefficient (Wildman–Crippen LogP) is 6.69. The number of aliphatic hydroxyl groups excluding tert-OH is 2. The molecule has 0 radical (unpaired) electrons. The Morgan fingerprint density at radius 3 is 1.96 bits per heavy atom. The quantitative estimate of drug-likeness (QED) is 0.158.